The Kier molecular flexibility index (Phi) is 7.93. The smallest absolute Gasteiger partial charge is 0.445 e. The van der Waals surface area contributed by atoms with Crippen molar-refractivity contribution in [1.82, 2.24) is 15.1 Å². The van der Waals surface area contributed by atoms with Crippen LogP contribution in [0.15, 0.2) is 18.2 Å². The highest BCUT2D eigenvalue weighted by molar-refractivity contribution is 7.15. The second-order valence-electron chi connectivity index (χ2n) is 8.56. The summed E-state index contributed by atoms with van der Waals surface area (Å²) in [7, 11) is 0. The second-order valence-corrected chi connectivity index (χ2v) is 9.53. The van der Waals surface area contributed by atoms with Gasteiger partial charge in [-0.25, -0.2) is 9.59 Å². The fraction of sp³-hybridized carbons (Fsp3) is 0.524. The van der Waals surface area contributed by atoms with Crippen molar-refractivity contribution in [2.45, 2.75) is 39.5 Å². The van der Waals surface area contributed by atoms with E-state index in [0.717, 1.165) is 0 Å². The van der Waals surface area contributed by atoms with Gasteiger partial charge in [-0.2, -0.15) is 13.2 Å². The predicted octanol–water partition coefficient (Wildman–Crippen LogP) is 4.66. The van der Waals surface area contributed by atoms with Gasteiger partial charge in [0.1, 0.15) is 11.4 Å². The average Bonchev–Trinajstić information content (AvgIpc) is 3.23. The fourth-order valence-corrected chi connectivity index (χ4v) is 3.84. The molecule has 3 rings (SSSR count). The van der Waals surface area contributed by atoms with Crippen molar-refractivity contribution >= 4 is 40.0 Å². The van der Waals surface area contributed by atoms with Crippen LogP contribution in [-0.2, 0) is 10.9 Å². The lowest BCUT2D eigenvalue weighted by molar-refractivity contribution is -0.138. The van der Waals surface area contributed by atoms with Gasteiger partial charge in [0.05, 0.1) is 18.0 Å². The number of halogens is 3. The number of benzene rings is 1. The highest BCUT2D eigenvalue weighted by Crippen LogP contribution is 2.34. The number of hydrogen-bond acceptors (Lipinski definition) is 8. The summed E-state index contributed by atoms with van der Waals surface area (Å²) < 4.78 is 49.2. The number of rotatable bonds is 5. The number of piperazine rings is 1. The highest BCUT2D eigenvalue weighted by Gasteiger charge is 2.36. The third-order valence-electron chi connectivity index (χ3n) is 4.69. The predicted molar refractivity (Wildman–Crippen MR) is 125 cm³/mol. The maximum absolute atomic E-state index is 12.7. The van der Waals surface area contributed by atoms with Crippen LogP contribution in [0.2, 0.25) is 0 Å². The van der Waals surface area contributed by atoms with Gasteiger partial charge in [-0.1, -0.05) is 11.3 Å². The number of carbonyl (C=O) groups is 2. The quantitative estimate of drug-likeness (QED) is 0.595. The molecule has 0 atom stereocenters. The summed E-state index contributed by atoms with van der Waals surface area (Å²) in [5, 5.41) is 9.89. The van der Waals surface area contributed by atoms with Crippen molar-refractivity contribution in [1.29, 1.82) is 0 Å². The standard InChI is InChI=1S/C21H27F3N6O4S/c1-5-33-13-6-7-14(25-17(31)26-18-28-27-16(35-18)21(22,23)24)15(12-13)29-8-10-30(11-9-29)19(32)34-20(2,3)4/h6-7,12H,5,8-11H2,1-4H3,(H2,25,26,28,31). The summed E-state index contributed by atoms with van der Waals surface area (Å²) in [5.74, 6) is 0.585. The molecule has 3 amide bonds. The molecule has 1 saturated heterocycles. The lowest BCUT2D eigenvalue weighted by atomic mass is 10.2. The van der Waals surface area contributed by atoms with Crippen LogP contribution < -0.4 is 20.3 Å². The molecule has 0 bridgehead atoms. The van der Waals surface area contributed by atoms with Crippen molar-refractivity contribution in [3.63, 3.8) is 0 Å². The summed E-state index contributed by atoms with van der Waals surface area (Å²) in [5.41, 5.74) is 0.457. The molecule has 1 aliphatic heterocycles. The number of anilines is 3. The van der Waals surface area contributed by atoms with E-state index in [4.69, 9.17) is 9.47 Å². The monoisotopic (exact) mass is 516 g/mol. The molecule has 0 aliphatic carbocycles. The zero-order valence-corrected chi connectivity index (χ0v) is 20.5. The molecule has 192 valence electrons. The van der Waals surface area contributed by atoms with Crippen molar-refractivity contribution in [3.05, 3.63) is 23.2 Å². The molecule has 2 aromatic rings. The van der Waals surface area contributed by atoms with Crippen LogP contribution in [0.1, 0.15) is 32.7 Å². The molecule has 2 heterocycles. The molecular formula is C21H27F3N6O4S. The lowest BCUT2D eigenvalue weighted by Crippen LogP contribution is -2.50. The van der Waals surface area contributed by atoms with Crippen LogP contribution >= 0.6 is 11.3 Å². The zero-order chi connectivity index (χ0) is 25.8. The van der Waals surface area contributed by atoms with E-state index < -0.39 is 28.9 Å². The van der Waals surface area contributed by atoms with Gasteiger partial charge in [-0.15, -0.1) is 10.2 Å². The fourth-order valence-electron chi connectivity index (χ4n) is 3.23. The summed E-state index contributed by atoms with van der Waals surface area (Å²) in [6.07, 6.45) is -5.04. The number of nitrogens with one attached hydrogen (secondary N) is 2. The molecule has 2 N–H and O–H groups in total. The molecule has 0 saturated carbocycles. The van der Waals surface area contributed by atoms with Gasteiger partial charge in [-0.05, 0) is 39.8 Å². The normalized spacial score (nSPS) is 14.5. The molecule has 0 spiro atoms. The van der Waals surface area contributed by atoms with Crippen LogP contribution in [0, 0.1) is 0 Å². The maximum Gasteiger partial charge on any atom is 0.445 e. The molecule has 0 radical (unpaired) electrons. The Labute approximate surface area is 204 Å². The number of urea groups is 1. The average molecular weight is 517 g/mol. The minimum atomic E-state index is -4.64. The Balaban J connectivity index is 1.71. The minimum absolute atomic E-state index is 0.228. The van der Waals surface area contributed by atoms with E-state index in [1.807, 2.05) is 11.8 Å². The number of amides is 3. The molecule has 35 heavy (non-hydrogen) atoms. The SMILES string of the molecule is CCOc1ccc(NC(=O)Nc2nnc(C(F)(F)F)s2)c(N2CCN(C(=O)OC(C)(C)C)CC2)c1. The Bertz CT molecular complexity index is 1050. The number of hydrogen-bond donors (Lipinski definition) is 2. The Morgan fingerprint density at radius 2 is 1.77 bits per heavy atom. The molecule has 0 unspecified atom stereocenters. The molecule has 10 nitrogen and oxygen atoms in total. The largest absolute Gasteiger partial charge is 0.494 e. The first-order valence-corrected chi connectivity index (χ1v) is 11.7. The summed E-state index contributed by atoms with van der Waals surface area (Å²) >= 11 is 0.228. The third-order valence-corrected chi connectivity index (χ3v) is 5.57. The van der Waals surface area contributed by atoms with Gasteiger partial charge in [0.2, 0.25) is 10.1 Å². The molecule has 14 heteroatoms. The second kappa shape index (κ2) is 10.5. The van der Waals surface area contributed by atoms with Crippen LogP contribution in [0.5, 0.6) is 5.75 Å². The summed E-state index contributed by atoms with van der Waals surface area (Å²) in [6, 6.07) is 4.30. The van der Waals surface area contributed by atoms with Gasteiger partial charge in [-0.3, -0.25) is 5.32 Å². The number of carbonyl (C=O) groups excluding carboxylic acids is 2. The topological polar surface area (TPSA) is 109 Å². The van der Waals surface area contributed by atoms with Crippen LogP contribution in [0.25, 0.3) is 0 Å². The molecular weight excluding hydrogens is 489 g/mol. The minimum Gasteiger partial charge on any atom is -0.494 e. The van der Waals surface area contributed by atoms with Crippen molar-refractivity contribution in [3.8, 4) is 5.75 Å². The number of ether oxygens (including phenoxy) is 2. The lowest BCUT2D eigenvalue weighted by Gasteiger charge is -2.37. The zero-order valence-electron chi connectivity index (χ0n) is 19.7. The number of aromatic nitrogens is 2. The van der Waals surface area contributed by atoms with Crippen molar-refractivity contribution in [2.75, 3.05) is 48.3 Å². The first-order valence-electron chi connectivity index (χ1n) is 10.8. The van der Waals surface area contributed by atoms with Gasteiger partial charge in [0, 0.05) is 32.2 Å². The van der Waals surface area contributed by atoms with Crippen LogP contribution in [0.4, 0.5) is 39.3 Å². The van der Waals surface area contributed by atoms with Crippen molar-refractivity contribution < 1.29 is 32.2 Å². The summed E-state index contributed by atoms with van der Waals surface area (Å²) in [4.78, 5) is 28.4. The Hall–Kier alpha value is -3.29. The molecule has 1 aromatic heterocycles. The molecule has 1 aromatic carbocycles. The van der Waals surface area contributed by atoms with E-state index in [-0.39, 0.29) is 16.5 Å². The van der Waals surface area contributed by atoms with Crippen LogP contribution in [-0.4, -0.2) is 65.6 Å². The first kappa shape index (κ1) is 26.3. The van der Waals surface area contributed by atoms with Crippen molar-refractivity contribution in [2.24, 2.45) is 0 Å². The maximum atomic E-state index is 12.7. The first-order chi connectivity index (χ1) is 16.4. The highest BCUT2D eigenvalue weighted by atomic mass is 32.1. The number of nitrogens with zero attached hydrogens (tertiary/aromatic N) is 4. The van der Waals surface area contributed by atoms with Crippen LogP contribution in [0.3, 0.4) is 0 Å². The Morgan fingerprint density at radius 1 is 1.09 bits per heavy atom. The van der Waals surface area contributed by atoms with Gasteiger partial charge in [0.25, 0.3) is 0 Å². The summed E-state index contributed by atoms with van der Waals surface area (Å²) in [6.45, 7) is 9.44. The third kappa shape index (κ3) is 7.34. The van der Waals surface area contributed by atoms with E-state index in [1.54, 1.807) is 43.9 Å². The van der Waals surface area contributed by atoms with Gasteiger partial charge < -0.3 is 24.6 Å². The van der Waals surface area contributed by atoms with Gasteiger partial charge in [0.15, 0.2) is 0 Å². The van der Waals surface area contributed by atoms with E-state index >= 15 is 0 Å². The molecule has 1 aliphatic rings. The Morgan fingerprint density at radius 3 is 2.34 bits per heavy atom. The van der Waals surface area contributed by atoms with Gasteiger partial charge >= 0.3 is 18.3 Å². The van der Waals surface area contributed by atoms with E-state index in [0.29, 0.717) is 49.9 Å². The molecule has 1 fully saturated rings. The van der Waals surface area contributed by atoms with E-state index in [1.165, 1.54) is 0 Å². The van der Waals surface area contributed by atoms with E-state index in [9.17, 15) is 22.8 Å². The number of alkyl halides is 3. The van der Waals surface area contributed by atoms with E-state index in [2.05, 4.69) is 20.8 Å².